The van der Waals surface area contributed by atoms with Gasteiger partial charge in [-0.15, -0.1) is 0 Å². The Hall–Kier alpha value is -2.89. The van der Waals surface area contributed by atoms with Gasteiger partial charge in [-0.2, -0.15) is 0 Å². The number of carbonyl (C=O) groups excluding carboxylic acids is 1. The summed E-state index contributed by atoms with van der Waals surface area (Å²) in [4.78, 5) is 11.9. The molecule has 6 heteroatoms. The third kappa shape index (κ3) is 3.90. The lowest BCUT2D eigenvalue weighted by Gasteiger charge is -2.11. The van der Waals surface area contributed by atoms with Gasteiger partial charge in [0.2, 0.25) is 6.79 Å². The number of hydrogen-bond acceptors (Lipinski definition) is 4. The van der Waals surface area contributed by atoms with Crippen LogP contribution < -0.4 is 24.8 Å². The molecule has 1 aliphatic heterocycles. The van der Waals surface area contributed by atoms with Crippen LogP contribution in [0.4, 0.5) is 10.5 Å². The van der Waals surface area contributed by atoms with Crippen LogP contribution in [0.25, 0.3) is 0 Å². The summed E-state index contributed by atoms with van der Waals surface area (Å²) in [5.74, 6) is 2.07. The van der Waals surface area contributed by atoms with Crippen molar-refractivity contribution in [2.45, 2.75) is 13.8 Å². The van der Waals surface area contributed by atoms with Crippen LogP contribution in [0.2, 0.25) is 0 Å². The summed E-state index contributed by atoms with van der Waals surface area (Å²) >= 11 is 0. The van der Waals surface area contributed by atoms with E-state index < -0.39 is 0 Å². The summed E-state index contributed by atoms with van der Waals surface area (Å²) in [6.45, 7) is 4.93. The maximum atomic E-state index is 11.9. The van der Waals surface area contributed by atoms with Crippen LogP contribution in [0.1, 0.15) is 11.1 Å². The smallest absolute Gasteiger partial charge is 0.319 e. The van der Waals surface area contributed by atoms with Gasteiger partial charge < -0.3 is 24.8 Å². The topological polar surface area (TPSA) is 68.8 Å². The highest BCUT2D eigenvalue weighted by Gasteiger charge is 2.13. The largest absolute Gasteiger partial charge is 0.492 e. The Labute approximate surface area is 140 Å². The molecule has 0 unspecified atom stereocenters. The Bertz CT molecular complexity index is 746. The van der Waals surface area contributed by atoms with Gasteiger partial charge in [0.05, 0.1) is 6.54 Å². The normalized spacial score (nSPS) is 11.9. The summed E-state index contributed by atoms with van der Waals surface area (Å²) in [5, 5.41) is 5.61. The molecular formula is C18H20N2O4. The van der Waals surface area contributed by atoms with E-state index in [2.05, 4.69) is 10.6 Å². The predicted molar refractivity (Wildman–Crippen MR) is 91.0 cm³/mol. The highest BCUT2D eigenvalue weighted by molar-refractivity contribution is 5.90. The zero-order valence-corrected chi connectivity index (χ0v) is 13.7. The Balaban J connectivity index is 1.43. The van der Waals surface area contributed by atoms with E-state index >= 15 is 0 Å². The second-order valence-electron chi connectivity index (χ2n) is 5.56. The van der Waals surface area contributed by atoms with Crippen molar-refractivity contribution in [3.63, 3.8) is 0 Å². The van der Waals surface area contributed by atoms with Crippen molar-refractivity contribution >= 4 is 11.7 Å². The summed E-state index contributed by atoms with van der Waals surface area (Å²) in [5.41, 5.74) is 2.93. The minimum Gasteiger partial charge on any atom is -0.492 e. The molecule has 0 saturated heterocycles. The highest BCUT2D eigenvalue weighted by atomic mass is 16.7. The van der Waals surface area contributed by atoms with Gasteiger partial charge in [0.15, 0.2) is 11.5 Å². The average molecular weight is 328 g/mol. The molecule has 2 aromatic carbocycles. The number of carbonyl (C=O) groups is 1. The minimum absolute atomic E-state index is 0.235. The van der Waals surface area contributed by atoms with Crippen molar-refractivity contribution in [2.75, 3.05) is 25.3 Å². The molecule has 0 saturated carbocycles. The fraction of sp³-hybridized carbons (Fsp3) is 0.278. The molecule has 1 aliphatic rings. The van der Waals surface area contributed by atoms with Crippen molar-refractivity contribution < 1.29 is 19.0 Å². The number of rotatable bonds is 5. The molecule has 24 heavy (non-hydrogen) atoms. The second-order valence-corrected chi connectivity index (χ2v) is 5.56. The maximum Gasteiger partial charge on any atom is 0.319 e. The first-order valence-electron chi connectivity index (χ1n) is 7.76. The molecule has 6 nitrogen and oxygen atoms in total. The fourth-order valence-corrected chi connectivity index (χ4v) is 2.34. The van der Waals surface area contributed by atoms with E-state index in [0.29, 0.717) is 30.4 Å². The molecule has 3 rings (SSSR count). The quantitative estimate of drug-likeness (QED) is 0.827. The molecule has 0 fully saturated rings. The Kier molecular flexibility index (Phi) is 4.74. The Morgan fingerprint density at radius 3 is 2.83 bits per heavy atom. The molecule has 126 valence electrons. The van der Waals surface area contributed by atoms with Gasteiger partial charge in [-0.05, 0) is 43.2 Å². The molecule has 0 aromatic heterocycles. The van der Waals surface area contributed by atoms with E-state index in [1.807, 2.05) is 38.1 Å². The Morgan fingerprint density at radius 1 is 1.12 bits per heavy atom. The van der Waals surface area contributed by atoms with Crippen LogP contribution in [0.3, 0.4) is 0 Å². The molecule has 0 bridgehead atoms. The number of nitrogens with one attached hydrogen (secondary N) is 2. The van der Waals surface area contributed by atoms with E-state index in [-0.39, 0.29) is 12.8 Å². The number of benzene rings is 2. The van der Waals surface area contributed by atoms with E-state index in [4.69, 9.17) is 14.2 Å². The zero-order chi connectivity index (χ0) is 16.9. The number of ether oxygens (including phenoxy) is 3. The molecule has 0 spiro atoms. The van der Waals surface area contributed by atoms with Crippen LogP contribution in [-0.4, -0.2) is 26.0 Å². The molecule has 0 atom stereocenters. The van der Waals surface area contributed by atoms with Crippen LogP contribution in [0, 0.1) is 13.8 Å². The van der Waals surface area contributed by atoms with Crippen LogP contribution in [0.15, 0.2) is 36.4 Å². The first-order chi connectivity index (χ1) is 11.6. The molecule has 1 heterocycles. The maximum absolute atomic E-state index is 11.9. The molecule has 2 amide bonds. The number of urea groups is 1. The lowest BCUT2D eigenvalue weighted by atomic mass is 10.1. The number of anilines is 1. The van der Waals surface area contributed by atoms with E-state index in [9.17, 15) is 4.79 Å². The summed E-state index contributed by atoms with van der Waals surface area (Å²) in [7, 11) is 0. The van der Waals surface area contributed by atoms with Gasteiger partial charge in [0.25, 0.3) is 0 Å². The van der Waals surface area contributed by atoms with Crippen molar-refractivity contribution in [1.82, 2.24) is 5.32 Å². The van der Waals surface area contributed by atoms with Gasteiger partial charge in [-0.3, -0.25) is 0 Å². The van der Waals surface area contributed by atoms with Gasteiger partial charge >= 0.3 is 6.03 Å². The minimum atomic E-state index is -0.252. The van der Waals surface area contributed by atoms with Gasteiger partial charge in [0, 0.05) is 11.8 Å². The molecule has 2 aromatic rings. The number of hydrogen-bond donors (Lipinski definition) is 2. The second kappa shape index (κ2) is 7.12. The van der Waals surface area contributed by atoms with E-state index in [0.717, 1.165) is 16.8 Å². The van der Waals surface area contributed by atoms with Crippen LogP contribution in [-0.2, 0) is 0 Å². The van der Waals surface area contributed by atoms with Gasteiger partial charge in [0.1, 0.15) is 12.4 Å². The zero-order valence-electron chi connectivity index (χ0n) is 13.7. The predicted octanol–water partition coefficient (Wildman–Crippen LogP) is 3.23. The number of aryl methyl sites for hydroxylation is 2. The van der Waals surface area contributed by atoms with Crippen molar-refractivity contribution in [2.24, 2.45) is 0 Å². The average Bonchev–Trinajstić information content (AvgIpc) is 3.03. The number of fused-ring (bicyclic) bond motifs is 1. The van der Waals surface area contributed by atoms with Crippen LogP contribution >= 0.6 is 0 Å². The summed E-state index contributed by atoms with van der Waals surface area (Å²) in [6, 6.07) is 11.1. The monoisotopic (exact) mass is 328 g/mol. The van der Waals surface area contributed by atoms with Crippen molar-refractivity contribution in [3.05, 3.63) is 47.5 Å². The van der Waals surface area contributed by atoms with Gasteiger partial charge in [-0.25, -0.2) is 4.79 Å². The van der Waals surface area contributed by atoms with Gasteiger partial charge in [-0.1, -0.05) is 12.1 Å². The van der Waals surface area contributed by atoms with E-state index in [1.165, 1.54) is 0 Å². The molecule has 0 aliphatic carbocycles. The highest BCUT2D eigenvalue weighted by Crippen LogP contribution is 2.34. The third-order valence-corrected chi connectivity index (χ3v) is 3.64. The molecule has 2 N–H and O–H groups in total. The first-order valence-corrected chi connectivity index (χ1v) is 7.76. The SMILES string of the molecule is Cc1ccc(C)c(NC(=O)NCCOc2ccc3c(c2)OCO3)c1. The molecular weight excluding hydrogens is 308 g/mol. The van der Waals surface area contributed by atoms with Crippen molar-refractivity contribution in [3.8, 4) is 17.2 Å². The third-order valence-electron chi connectivity index (χ3n) is 3.64. The number of amides is 2. The first kappa shape index (κ1) is 16.0. The summed E-state index contributed by atoms with van der Waals surface area (Å²) < 4.78 is 16.1. The fourth-order valence-electron chi connectivity index (χ4n) is 2.34. The van der Waals surface area contributed by atoms with Crippen LogP contribution in [0.5, 0.6) is 17.2 Å². The molecule has 0 radical (unpaired) electrons. The summed E-state index contributed by atoms with van der Waals surface area (Å²) in [6.07, 6.45) is 0. The standard InChI is InChI=1S/C18H20N2O4/c1-12-3-4-13(2)15(9-12)20-18(21)19-7-8-22-14-5-6-16-17(10-14)24-11-23-16/h3-6,9-10H,7-8,11H2,1-2H3,(H2,19,20,21). The van der Waals surface area contributed by atoms with E-state index in [1.54, 1.807) is 12.1 Å². The lowest BCUT2D eigenvalue weighted by molar-refractivity contribution is 0.173. The Morgan fingerprint density at radius 2 is 1.96 bits per heavy atom. The lowest BCUT2D eigenvalue weighted by Crippen LogP contribution is -2.32. The van der Waals surface area contributed by atoms with Crippen molar-refractivity contribution in [1.29, 1.82) is 0 Å².